The zero-order valence-electron chi connectivity index (χ0n) is 7.81. The van der Waals surface area contributed by atoms with Gasteiger partial charge in [0.25, 0.3) is 0 Å². The molecule has 2 heteroatoms. The number of hydrogen-bond acceptors (Lipinski definition) is 2. The maximum absolute atomic E-state index is 5.26. The Morgan fingerprint density at radius 2 is 2.09 bits per heavy atom. The fraction of sp³-hybridized carbons (Fsp3) is 1.00. The molecule has 0 aromatic heterocycles. The molecule has 0 aromatic carbocycles. The molecule has 0 aliphatic heterocycles. The molecule has 1 saturated carbocycles. The van der Waals surface area contributed by atoms with Gasteiger partial charge < -0.3 is 0 Å². The van der Waals surface area contributed by atoms with Crippen LogP contribution in [0.25, 0.3) is 0 Å². The van der Waals surface area contributed by atoms with Gasteiger partial charge in [0.1, 0.15) is 0 Å². The molecule has 1 fully saturated rings. The van der Waals surface area contributed by atoms with E-state index in [0.29, 0.717) is 11.5 Å². The van der Waals surface area contributed by atoms with Crippen molar-refractivity contribution in [2.45, 2.75) is 46.1 Å². The third-order valence-corrected chi connectivity index (χ3v) is 2.38. The third kappa shape index (κ3) is 2.80. The molecule has 0 radical (unpaired) electrons. The van der Waals surface area contributed by atoms with E-state index in [0.717, 1.165) is 6.54 Å². The third-order valence-electron chi connectivity index (χ3n) is 2.38. The van der Waals surface area contributed by atoms with Crippen LogP contribution >= 0.6 is 0 Å². The minimum Gasteiger partial charge on any atom is -0.299 e. The van der Waals surface area contributed by atoms with E-state index in [4.69, 9.17) is 4.84 Å². The first-order valence-corrected chi connectivity index (χ1v) is 4.51. The fourth-order valence-electron chi connectivity index (χ4n) is 1.34. The Bertz CT molecular complexity index is 119. The monoisotopic (exact) mass is 157 g/mol. The second kappa shape index (κ2) is 3.55. The van der Waals surface area contributed by atoms with E-state index < -0.39 is 0 Å². The van der Waals surface area contributed by atoms with Gasteiger partial charge in [-0.05, 0) is 32.1 Å². The molecule has 0 aromatic rings. The second-order valence-corrected chi connectivity index (χ2v) is 4.15. The van der Waals surface area contributed by atoms with Crippen LogP contribution in [0.2, 0.25) is 0 Å². The predicted octanol–water partition coefficient (Wildman–Crippen LogP) is 2.11. The first kappa shape index (κ1) is 9.01. The van der Waals surface area contributed by atoms with Crippen LogP contribution in [0.4, 0.5) is 0 Å². The maximum atomic E-state index is 5.26. The standard InChI is InChI=1S/C9H19NO/c1-8(2)11-10-7-9(3)5-4-6-9/h8,10H,4-7H2,1-3H3. The van der Waals surface area contributed by atoms with Crippen LogP contribution in [0.3, 0.4) is 0 Å². The summed E-state index contributed by atoms with van der Waals surface area (Å²) < 4.78 is 0. The first-order valence-electron chi connectivity index (χ1n) is 4.51. The van der Waals surface area contributed by atoms with Crippen molar-refractivity contribution in [3.63, 3.8) is 0 Å². The normalized spacial score (nSPS) is 21.8. The van der Waals surface area contributed by atoms with Gasteiger partial charge in [0.15, 0.2) is 0 Å². The van der Waals surface area contributed by atoms with E-state index in [-0.39, 0.29) is 0 Å². The van der Waals surface area contributed by atoms with Gasteiger partial charge in [-0.25, -0.2) is 5.48 Å². The molecule has 0 amide bonds. The van der Waals surface area contributed by atoms with Crippen molar-refractivity contribution in [1.82, 2.24) is 5.48 Å². The van der Waals surface area contributed by atoms with E-state index >= 15 is 0 Å². The topological polar surface area (TPSA) is 21.3 Å². The molecule has 1 N–H and O–H groups in total. The summed E-state index contributed by atoms with van der Waals surface area (Å²) in [6.45, 7) is 7.39. The summed E-state index contributed by atoms with van der Waals surface area (Å²) in [4.78, 5) is 5.26. The maximum Gasteiger partial charge on any atom is 0.0734 e. The highest BCUT2D eigenvalue weighted by molar-refractivity contribution is 4.83. The summed E-state index contributed by atoms with van der Waals surface area (Å²) in [6.07, 6.45) is 4.38. The van der Waals surface area contributed by atoms with Crippen molar-refractivity contribution in [1.29, 1.82) is 0 Å². The van der Waals surface area contributed by atoms with E-state index in [2.05, 4.69) is 12.4 Å². The largest absolute Gasteiger partial charge is 0.299 e. The molecular weight excluding hydrogens is 138 g/mol. The highest BCUT2D eigenvalue weighted by Crippen LogP contribution is 2.39. The van der Waals surface area contributed by atoms with Crippen LogP contribution in [-0.2, 0) is 4.84 Å². The van der Waals surface area contributed by atoms with Gasteiger partial charge in [0.2, 0.25) is 0 Å². The Kier molecular flexibility index (Phi) is 2.90. The molecular formula is C9H19NO. The van der Waals surface area contributed by atoms with Crippen LogP contribution in [0, 0.1) is 5.41 Å². The van der Waals surface area contributed by atoms with Crippen LogP contribution in [0.15, 0.2) is 0 Å². The average molecular weight is 157 g/mol. The Morgan fingerprint density at radius 3 is 2.45 bits per heavy atom. The van der Waals surface area contributed by atoms with Crippen LogP contribution in [0.5, 0.6) is 0 Å². The van der Waals surface area contributed by atoms with Crippen molar-refractivity contribution in [2.24, 2.45) is 5.41 Å². The van der Waals surface area contributed by atoms with E-state index in [1.807, 2.05) is 13.8 Å². The number of hydroxylamine groups is 1. The summed E-state index contributed by atoms with van der Waals surface area (Å²) in [5, 5.41) is 0. The summed E-state index contributed by atoms with van der Waals surface area (Å²) >= 11 is 0. The summed E-state index contributed by atoms with van der Waals surface area (Å²) in [5.74, 6) is 0. The lowest BCUT2D eigenvalue weighted by Gasteiger charge is -2.38. The molecule has 0 heterocycles. The molecule has 0 spiro atoms. The van der Waals surface area contributed by atoms with Crippen molar-refractivity contribution >= 4 is 0 Å². The molecule has 2 nitrogen and oxygen atoms in total. The van der Waals surface area contributed by atoms with Gasteiger partial charge in [-0.3, -0.25) is 4.84 Å². The first-order chi connectivity index (χ1) is 5.12. The Hall–Kier alpha value is -0.0800. The molecule has 0 saturated heterocycles. The van der Waals surface area contributed by atoms with Gasteiger partial charge in [-0.15, -0.1) is 0 Å². The minimum atomic E-state index is 0.290. The van der Waals surface area contributed by atoms with Crippen molar-refractivity contribution in [2.75, 3.05) is 6.54 Å². The Morgan fingerprint density at radius 1 is 1.45 bits per heavy atom. The number of hydrogen-bond donors (Lipinski definition) is 1. The van der Waals surface area contributed by atoms with Crippen molar-refractivity contribution in [3.05, 3.63) is 0 Å². The zero-order valence-corrected chi connectivity index (χ0v) is 7.81. The molecule has 1 aliphatic rings. The van der Waals surface area contributed by atoms with Crippen LogP contribution < -0.4 is 5.48 Å². The summed E-state index contributed by atoms with van der Waals surface area (Å²) in [7, 11) is 0. The smallest absolute Gasteiger partial charge is 0.0734 e. The molecule has 0 unspecified atom stereocenters. The van der Waals surface area contributed by atoms with E-state index in [1.165, 1.54) is 19.3 Å². The summed E-state index contributed by atoms with van der Waals surface area (Å²) in [5.41, 5.74) is 3.55. The molecule has 11 heavy (non-hydrogen) atoms. The summed E-state index contributed by atoms with van der Waals surface area (Å²) in [6, 6.07) is 0. The molecule has 0 bridgehead atoms. The SMILES string of the molecule is CC(C)ONCC1(C)CCC1. The average Bonchev–Trinajstić information content (AvgIpc) is 1.83. The van der Waals surface area contributed by atoms with Crippen molar-refractivity contribution in [3.8, 4) is 0 Å². The lowest BCUT2D eigenvalue weighted by Crippen LogP contribution is -2.38. The van der Waals surface area contributed by atoms with Gasteiger partial charge in [0, 0.05) is 6.54 Å². The van der Waals surface area contributed by atoms with Crippen molar-refractivity contribution < 1.29 is 4.84 Å². The molecule has 0 atom stereocenters. The second-order valence-electron chi connectivity index (χ2n) is 4.15. The highest BCUT2D eigenvalue weighted by atomic mass is 16.7. The fourth-order valence-corrected chi connectivity index (χ4v) is 1.34. The van der Waals surface area contributed by atoms with Crippen LogP contribution in [-0.4, -0.2) is 12.6 Å². The minimum absolute atomic E-state index is 0.290. The van der Waals surface area contributed by atoms with Gasteiger partial charge in [-0.1, -0.05) is 13.3 Å². The zero-order chi connectivity index (χ0) is 8.32. The quantitative estimate of drug-likeness (QED) is 0.631. The van der Waals surface area contributed by atoms with E-state index in [1.54, 1.807) is 0 Å². The molecule has 66 valence electrons. The number of rotatable bonds is 4. The molecule has 1 rings (SSSR count). The Labute approximate surface area is 69.3 Å². The van der Waals surface area contributed by atoms with Crippen LogP contribution in [0.1, 0.15) is 40.0 Å². The lowest BCUT2D eigenvalue weighted by molar-refractivity contribution is -0.0345. The van der Waals surface area contributed by atoms with Gasteiger partial charge in [0.05, 0.1) is 6.10 Å². The van der Waals surface area contributed by atoms with E-state index in [9.17, 15) is 0 Å². The highest BCUT2D eigenvalue weighted by Gasteiger charge is 2.31. The Balaban J connectivity index is 2.02. The van der Waals surface area contributed by atoms with Gasteiger partial charge >= 0.3 is 0 Å². The lowest BCUT2D eigenvalue weighted by atomic mass is 9.71. The van der Waals surface area contributed by atoms with Gasteiger partial charge in [-0.2, -0.15) is 0 Å². The molecule has 1 aliphatic carbocycles. The predicted molar refractivity (Wildman–Crippen MR) is 46.2 cm³/mol. The number of nitrogens with one attached hydrogen (secondary N) is 1.